The third kappa shape index (κ3) is 3.90. The highest BCUT2D eigenvalue weighted by molar-refractivity contribution is 6.37. The van der Waals surface area contributed by atoms with Crippen LogP contribution in [0.1, 0.15) is 26.3 Å². The number of rotatable bonds is 4. The second-order valence-corrected chi connectivity index (χ2v) is 6.06. The van der Waals surface area contributed by atoms with Crippen molar-refractivity contribution in [2.24, 2.45) is 0 Å². The van der Waals surface area contributed by atoms with E-state index in [9.17, 15) is 9.59 Å². The van der Waals surface area contributed by atoms with Crippen molar-refractivity contribution in [3.8, 4) is 5.75 Å². The van der Waals surface area contributed by atoms with Crippen LogP contribution in [0.5, 0.6) is 5.75 Å². The number of ketones is 1. The van der Waals surface area contributed by atoms with E-state index in [4.69, 9.17) is 27.9 Å². The van der Waals surface area contributed by atoms with Crippen LogP contribution in [0.4, 0.5) is 0 Å². The van der Waals surface area contributed by atoms with Crippen molar-refractivity contribution < 1.29 is 14.3 Å². The summed E-state index contributed by atoms with van der Waals surface area (Å²) in [6.07, 6.45) is 0. The molecule has 0 saturated heterocycles. The maximum absolute atomic E-state index is 12.8. The minimum absolute atomic E-state index is 0.00577. The molecule has 5 heteroatoms. The van der Waals surface area contributed by atoms with Crippen LogP contribution < -0.4 is 4.74 Å². The summed E-state index contributed by atoms with van der Waals surface area (Å²) in [5.74, 6) is -0.943. The zero-order valence-electron chi connectivity index (χ0n) is 12.9. The molecule has 0 radical (unpaired) electrons. The van der Waals surface area contributed by atoms with Crippen molar-refractivity contribution in [2.45, 2.75) is 0 Å². The number of hydrogen-bond acceptors (Lipinski definition) is 3. The monoisotopic (exact) mass is 370 g/mol. The van der Waals surface area contributed by atoms with Crippen molar-refractivity contribution >= 4 is 35.0 Å². The molecule has 0 unspecified atom stereocenters. The molecule has 0 amide bonds. The first-order valence-corrected chi connectivity index (χ1v) is 8.18. The van der Waals surface area contributed by atoms with Gasteiger partial charge < -0.3 is 4.74 Å². The van der Waals surface area contributed by atoms with Gasteiger partial charge >= 0.3 is 5.97 Å². The van der Waals surface area contributed by atoms with Crippen LogP contribution in [0.15, 0.2) is 72.8 Å². The number of halogens is 2. The van der Waals surface area contributed by atoms with Gasteiger partial charge in [-0.25, -0.2) is 4.79 Å². The summed E-state index contributed by atoms with van der Waals surface area (Å²) in [7, 11) is 0. The Morgan fingerprint density at radius 1 is 0.760 bits per heavy atom. The maximum atomic E-state index is 12.8. The third-order valence-electron chi connectivity index (χ3n) is 3.49. The summed E-state index contributed by atoms with van der Waals surface area (Å²) in [6, 6.07) is 20.0. The standard InChI is InChI=1S/C20H12Cl2O3/c21-15-11-16(18(23)13-7-3-1-4-8-13)19(17(22)12-15)25-20(24)14-9-5-2-6-10-14/h1-12H. The molecule has 0 heterocycles. The van der Waals surface area contributed by atoms with Gasteiger partial charge in [-0.3, -0.25) is 4.79 Å². The topological polar surface area (TPSA) is 43.4 Å². The van der Waals surface area contributed by atoms with Gasteiger partial charge in [0.05, 0.1) is 16.1 Å². The van der Waals surface area contributed by atoms with E-state index in [-0.39, 0.29) is 27.1 Å². The lowest BCUT2D eigenvalue weighted by Crippen LogP contribution is -2.12. The van der Waals surface area contributed by atoms with E-state index in [0.717, 1.165) is 0 Å². The number of carbonyl (C=O) groups is 2. The van der Waals surface area contributed by atoms with Crippen LogP contribution in [-0.2, 0) is 0 Å². The maximum Gasteiger partial charge on any atom is 0.343 e. The average molecular weight is 371 g/mol. The Hall–Kier alpha value is -2.62. The molecule has 0 atom stereocenters. The first-order chi connectivity index (χ1) is 12.1. The predicted octanol–water partition coefficient (Wildman–Crippen LogP) is 5.44. The first-order valence-electron chi connectivity index (χ1n) is 7.42. The van der Waals surface area contributed by atoms with Crippen molar-refractivity contribution in [2.75, 3.05) is 0 Å². The quantitative estimate of drug-likeness (QED) is 0.348. The van der Waals surface area contributed by atoms with Crippen LogP contribution in [-0.4, -0.2) is 11.8 Å². The highest BCUT2D eigenvalue weighted by atomic mass is 35.5. The number of hydrogen-bond donors (Lipinski definition) is 0. The minimum Gasteiger partial charge on any atom is -0.421 e. The number of esters is 1. The van der Waals surface area contributed by atoms with Crippen LogP contribution in [0.25, 0.3) is 0 Å². The second kappa shape index (κ2) is 7.51. The Bertz CT molecular complexity index is 922. The molecule has 3 aromatic carbocycles. The Morgan fingerprint density at radius 3 is 1.92 bits per heavy atom. The van der Waals surface area contributed by atoms with Gasteiger partial charge in [-0.2, -0.15) is 0 Å². The molecule has 0 fully saturated rings. The molecule has 25 heavy (non-hydrogen) atoms. The van der Waals surface area contributed by atoms with Gasteiger partial charge in [0.2, 0.25) is 0 Å². The van der Waals surface area contributed by atoms with Crippen LogP contribution in [0, 0.1) is 0 Å². The molecule has 0 N–H and O–H groups in total. The van der Waals surface area contributed by atoms with Crippen LogP contribution >= 0.6 is 23.2 Å². The number of ether oxygens (including phenoxy) is 1. The van der Waals surface area contributed by atoms with E-state index < -0.39 is 5.97 Å². The fraction of sp³-hybridized carbons (Fsp3) is 0. The summed E-state index contributed by atoms with van der Waals surface area (Å²) in [5.41, 5.74) is 0.928. The predicted molar refractivity (Wildman–Crippen MR) is 97.7 cm³/mol. The lowest BCUT2D eigenvalue weighted by molar-refractivity contribution is 0.0733. The SMILES string of the molecule is O=C(Oc1c(Cl)cc(Cl)cc1C(=O)c1ccccc1)c1ccccc1. The molecular weight excluding hydrogens is 359 g/mol. The van der Waals surface area contributed by atoms with Crippen molar-refractivity contribution in [3.63, 3.8) is 0 Å². The second-order valence-electron chi connectivity index (χ2n) is 5.21. The Labute approximate surface area is 154 Å². The van der Waals surface area contributed by atoms with Gasteiger partial charge in [0.15, 0.2) is 11.5 Å². The Kier molecular flexibility index (Phi) is 5.17. The first kappa shape index (κ1) is 17.2. The zero-order valence-corrected chi connectivity index (χ0v) is 14.4. The van der Waals surface area contributed by atoms with Crippen molar-refractivity contribution in [3.05, 3.63) is 99.5 Å². The van der Waals surface area contributed by atoms with E-state index in [2.05, 4.69) is 0 Å². The molecule has 0 aromatic heterocycles. The van der Waals surface area contributed by atoms with Crippen LogP contribution in [0.3, 0.4) is 0 Å². The van der Waals surface area contributed by atoms with Crippen LogP contribution in [0.2, 0.25) is 10.0 Å². The molecule has 0 spiro atoms. The molecule has 0 aliphatic heterocycles. The Balaban J connectivity index is 2.02. The molecule has 0 aliphatic rings. The summed E-state index contributed by atoms with van der Waals surface area (Å²) >= 11 is 12.2. The van der Waals surface area contributed by atoms with Gasteiger partial charge in [-0.1, -0.05) is 71.7 Å². The van der Waals surface area contributed by atoms with Crippen molar-refractivity contribution in [1.82, 2.24) is 0 Å². The van der Waals surface area contributed by atoms with E-state index in [1.54, 1.807) is 60.7 Å². The molecule has 124 valence electrons. The highest BCUT2D eigenvalue weighted by Crippen LogP contribution is 2.34. The molecule has 3 rings (SSSR count). The summed E-state index contributed by atoms with van der Waals surface area (Å²) < 4.78 is 5.41. The molecule has 0 saturated carbocycles. The minimum atomic E-state index is -0.605. The average Bonchev–Trinajstić information content (AvgIpc) is 2.64. The molecular formula is C20H12Cl2O3. The van der Waals surface area contributed by atoms with Gasteiger partial charge in [-0.05, 0) is 24.3 Å². The van der Waals surface area contributed by atoms with E-state index in [0.29, 0.717) is 11.1 Å². The largest absolute Gasteiger partial charge is 0.421 e. The van der Waals surface area contributed by atoms with E-state index in [1.165, 1.54) is 12.1 Å². The van der Waals surface area contributed by atoms with E-state index >= 15 is 0 Å². The molecule has 0 bridgehead atoms. The van der Waals surface area contributed by atoms with Gasteiger partial charge in [-0.15, -0.1) is 0 Å². The molecule has 3 nitrogen and oxygen atoms in total. The summed E-state index contributed by atoms with van der Waals surface area (Å²) in [6.45, 7) is 0. The number of carbonyl (C=O) groups excluding carboxylic acids is 2. The fourth-order valence-electron chi connectivity index (χ4n) is 2.30. The molecule has 0 aliphatic carbocycles. The summed E-state index contributed by atoms with van der Waals surface area (Å²) in [4.78, 5) is 25.1. The smallest absolute Gasteiger partial charge is 0.343 e. The van der Waals surface area contributed by atoms with Crippen molar-refractivity contribution in [1.29, 1.82) is 0 Å². The fourth-order valence-corrected chi connectivity index (χ4v) is 2.84. The summed E-state index contributed by atoms with van der Waals surface area (Å²) in [5, 5.41) is 0.375. The lowest BCUT2D eigenvalue weighted by Gasteiger charge is -2.12. The lowest BCUT2D eigenvalue weighted by atomic mass is 10.0. The normalized spacial score (nSPS) is 10.3. The van der Waals surface area contributed by atoms with Gasteiger partial charge in [0, 0.05) is 10.6 Å². The zero-order chi connectivity index (χ0) is 17.8. The van der Waals surface area contributed by atoms with Gasteiger partial charge in [0.1, 0.15) is 0 Å². The number of benzene rings is 3. The van der Waals surface area contributed by atoms with E-state index in [1.807, 2.05) is 0 Å². The third-order valence-corrected chi connectivity index (χ3v) is 3.99. The molecule has 3 aromatic rings. The highest BCUT2D eigenvalue weighted by Gasteiger charge is 2.21. The van der Waals surface area contributed by atoms with Gasteiger partial charge in [0.25, 0.3) is 0 Å². The Morgan fingerprint density at radius 2 is 1.32 bits per heavy atom.